The van der Waals surface area contributed by atoms with Crippen LogP contribution in [-0.2, 0) is 0 Å². The molecule has 0 spiro atoms. The number of nitrogens with zero attached hydrogens (tertiary/aromatic N) is 2. The SMILES string of the molecule is CCCCCCCCCCCC1=NC(C)(C)CN1CCC. The van der Waals surface area contributed by atoms with E-state index in [2.05, 4.69) is 32.6 Å². The van der Waals surface area contributed by atoms with Crippen LogP contribution in [0.5, 0.6) is 0 Å². The molecule has 0 atom stereocenters. The Kier molecular flexibility index (Phi) is 9.03. The van der Waals surface area contributed by atoms with Crippen LogP contribution in [0.15, 0.2) is 4.99 Å². The lowest BCUT2D eigenvalue weighted by Crippen LogP contribution is -2.32. The second-order valence-corrected chi connectivity index (χ2v) is 7.34. The van der Waals surface area contributed by atoms with Crippen molar-refractivity contribution in [1.82, 2.24) is 4.90 Å². The van der Waals surface area contributed by atoms with Crippen molar-refractivity contribution in [3.05, 3.63) is 0 Å². The largest absolute Gasteiger partial charge is 0.358 e. The van der Waals surface area contributed by atoms with E-state index in [4.69, 9.17) is 4.99 Å². The van der Waals surface area contributed by atoms with Crippen LogP contribution in [-0.4, -0.2) is 29.4 Å². The van der Waals surface area contributed by atoms with Crippen molar-refractivity contribution in [2.45, 2.75) is 104 Å². The molecule has 0 aromatic carbocycles. The fourth-order valence-electron chi connectivity index (χ4n) is 3.30. The van der Waals surface area contributed by atoms with Gasteiger partial charge in [-0.3, -0.25) is 4.99 Å². The van der Waals surface area contributed by atoms with Gasteiger partial charge in [-0.05, 0) is 26.7 Å². The number of hydrogen-bond donors (Lipinski definition) is 0. The van der Waals surface area contributed by atoms with Crippen molar-refractivity contribution in [3.8, 4) is 0 Å². The Hall–Kier alpha value is -0.530. The lowest BCUT2D eigenvalue weighted by molar-refractivity contribution is 0.370. The maximum Gasteiger partial charge on any atom is 0.0997 e. The molecule has 0 bridgehead atoms. The van der Waals surface area contributed by atoms with E-state index >= 15 is 0 Å². The molecule has 1 aliphatic heterocycles. The first-order chi connectivity index (χ1) is 10.1. The summed E-state index contributed by atoms with van der Waals surface area (Å²) in [5, 5.41) is 0. The van der Waals surface area contributed by atoms with Gasteiger partial charge in [0.1, 0.15) is 0 Å². The third-order valence-corrected chi connectivity index (χ3v) is 4.37. The standard InChI is InChI=1S/C19H38N2/c1-5-7-8-9-10-11-12-13-14-15-18-20-19(3,4)17-21(18)16-6-2/h5-17H2,1-4H3. The number of hydrogen-bond acceptors (Lipinski definition) is 2. The molecule has 0 unspecified atom stereocenters. The molecule has 0 fully saturated rings. The molecule has 1 rings (SSSR count). The van der Waals surface area contributed by atoms with Crippen molar-refractivity contribution in [2.75, 3.05) is 13.1 Å². The van der Waals surface area contributed by atoms with Gasteiger partial charge in [-0.1, -0.05) is 65.2 Å². The summed E-state index contributed by atoms with van der Waals surface area (Å²) in [6, 6.07) is 0. The smallest absolute Gasteiger partial charge is 0.0997 e. The van der Waals surface area contributed by atoms with Gasteiger partial charge in [0, 0.05) is 19.5 Å². The average Bonchev–Trinajstić information content (AvgIpc) is 2.72. The van der Waals surface area contributed by atoms with E-state index in [1.165, 1.54) is 83.0 Å². The highest BCUT2D eigenvalue weighted by Gasteiger charge is 2.29. The molecule has 0 radical (unpaired) electrons. The fraction of sp³-hybridized carbons (Fsp3) is 0.947. The van der Waals surface area contributed by atoms with Gasteiger partial charge in [0.25, 0.3) is 0 Å². The Balaban J connectivity index is 2.08. The van der Waals surface area contributed by atoms with E-state index in [-0.39, 0.29) is 5.54 Å². The minimum atomic E-state index is 0.143. The molecule has 2 heteroatoms. The topological polar surface area (TPSA) is 15.6 Å². The number of aliphatic imine (C=N–C) groups is 1. The van der Waals surface area contributed by atoms with Gasteiger partial charge in [-0.15, -0.1) is 0 Å². The van der Waals surface area contributed by atoms with E-state index in [0.717, 1.165) is 6.54 Å². The molecule has 1 heterocycles. The van der Waals surface area contributed by atoms with Crippen LogP contribution < -0.4 is 0 Å². The van der Waals surface area contributed by atoms with Gasteiger partial charge in [0.2, 0.25) is 0 Å². The first-order valence-corrected chi connectivity index (χ1v) is 9.42. The predicted molar refractivity (Wildman–Crippen MR) is 95.2 cm³/mol. The molecule has 0 aliphatic carbocycles. The van der Waals surface area contributed by atoms with Crippen molar-refractivity contribution >= 4 is 5.84 Å². The Bertz CT molecular complexity index is 294. The van der Waals surface area contributed by atoms with Crippen LogP contribution in [0.2, 0.25) is 0 Å². The van der Waals surface area contributed by atoms with E-state index in [1.54, 1.807) is 0 Å². The second-order valence-electron chi connectivity index (χ2n) is 7.34. The normalized spacial score (nSPS) is 17.3. The summed E-state index contributed by atoms with van der Waals surface area (Å²) in [5.74, 6) is 1.38. The Morgan fingerprint density at radius 3 is 2.00 bits per heavy atom. The van der Waals surface area contributed by atoms with Crippen LogP contribution in [0.4, 0.5) is 0 Å². The summed E-state index contributed by atoms with van der Waals surface area (Å²) in [6.45, 7) is 11.4. The van der Waals surface area contributed by atoms with Gasteiger partial charge < -0.3 is 4.90 Å². The molecule has 0 amide bonds. The van der Waals surface area contributed by atoms with Crippen LogP contribution in [0, 0.1) is 0 Å². The van der Waals surface area contributed by atoms with Crippen LogP contribution in [0.25, 0.3) is 0 Å². The third kappa shape index (κ3) is 7.87. The molecule has 2 nitrogen and oxygen atoms in total. The molecular formula is C19H38N2. The molecule has 0 aromatic heterocycles. The maximum atomic E-state index is 4.93. The molecular weight excluding hydrogens is 256 g/mol. The van der Waals surface area contributed by atoms with Crippen molar-refractivity contribution < 1.29 is 0 Å². The number of unbranched alkanes of at least 4 members (excludes halogenated alkanes) is 8. The summed E-state index contributed by atoms with van der Waals surface area (Å²) >= 11 is 0. The minimum absolute atomic E-state index is 0.143. The Morgan fingerprint density at radius 1 is 0.857 bits per heavy atom. The highest BCUT2D eigenvalue weighted by Crippen LogP contribution is 2.23. The Labute approximate surface area is 133 Å². The van der Waals surface area contributed by atoms with Crippen molar-refractivity contribution in [3.63, 3.8) is 0 Å². The monoisotopic (exact) mass is 294 g/mol. The summed E-state index contributed by atoms with van der Waals surface area (Å²) < 4.78 is 0. The van der Waals surface area contributed by atoms with Gasteiger partial charge in [-0.25, -0.2) is 0 Å². The van der Waals surface area contributed by atoms with Crippen LogP contribution in [0.1, 0.15) is 98.3 Å². The van der Waals surface area contributed by atoms with Crippen molar-refractivity contribution in [1.29, 1.82) is 0 Å². The zero-order valence-corrected chi connectivity index (χ0v) is 15.1. The molecule has 1 aliphatic rings. The summed E-state index contributed by atoms with van der Waals surface area (Å²) in [7, 11) is 0. The molecule has 0 aromatic rings. The first kappa shape index (κ1) is 18.5. The summed E-state index contributed by atoms with van der Waals surface area (Å²) in [6.07, 6.45) is 15.1. The third-order valence-electron chi connectivity index (χ3n) is 4.37. The van der Waals surface area contributed by atoms with Crippen LogP contribution in [0.3, 0.4) is 0 Å². The number of amidine groups is 1. The van der Waals surface area contributed by atoms with E-state index in [9.17, 15) is 0 Å². The molecule has 0 N–H and O–H groups in total. The van der Waals surface area contributed by atoms with Gasteiger partial charge in [0.15, 0.2) is 0 Å². The number of rotatable bonds is 12. The lowest BCUT2D eigenvalue weighted by atomic mass is 10.1. The summed E-state index contributed by atoms with van der Waals surface area (Å²) in [4.78, 5) is 7.45. The van der Waals surface area contributed by atoms with Gasteiger partial charge in [-0.2, -0.15) is 0 Å². The zero-order valence-electron chi connectivity index (χ0n) is 15.1. The second kappa shape index (κ2) is 10.2. The minimum Gasteiger partial charge on any atom is -0.358 e. The van der Waals surface area contributed by atoms with E-state index in [0.29, 0.717) is 0 Å². The lowest BCUT2D eigenvalue weighted by Gasteiger charge is -2.22. The predicted octanol–water partition coefficient (Wildman–Crippen LogP) is 5.81. The summed E-state index contributed by atoms with van der Waals surface area (Å²) in [5.41, 5.74) is 0.143. The van der Waals surface area contributed by atoms with Crippen LogP contribution >= 0.6 is 0 Å². The molecule has 21 heavy (non-hydrogen) atoms. The fourth-order valence-corrected chi connectivity index (χ4v) is 3.30. The van der Waals surface area contributed by atoms with Crippen molar-refractivity contribution in [2.24, 2.45) is 4.99 Å². The zero-order chi connectivity index (χ0) is 15.6. The average molecular weight is 295 g/mol. The van der Waals surface area contributed by atoms with E-state index in [1.807, 2.05) is 0 Å². The van der Waals surface area contributed by atoms with E-state index < -0.39 is 0 Å². The molecule has 0 saturated heterocycles. The first-order valence-electron chi connectivity index (χ1n) is 9.42. The van der Waals surface area contributed by atoms with Gasteiger partial charge >= 0.3 is 0 Å². The maximum absolute atomic E-state index is 4.93. The van der Waals surface area contributed by atoms with Gasteiger partial charge in [0.05, 0.1) is 11.4 Å². The molecule has 0 saturated carbocycles. The quantitative estimate of drug-likeness (QED) is 0.415. The highest BCUT2D eigenvalue weighted by atomic mass is 15.3. The Morgan fingerprint density at radius 2 is 1.43 bits per heavy atom. The molecule has 124 valence electrons. The highest BCUT2D eigenvalue weighted by molar-refractivity contribution is 5.84.